The summed E-state index contributed by atoms with van der Waals surface area (Å²) in [5, 5.41) is 7.85. The third-order valence-corrected chi connectivity index (χ3v) is 7.26. The first kappa shape index (κ1) is 20.5. The molecule has 0 saturated heterocycles. The lowest BCUT2D eigenvalue weighted by Gasteiger charge is -2.28. The molecule has 0 spiro atoms. The van der Waals surface area contributed by atoms with Crippen LogP contribution in [-0.2, 0) is 22.6 Å². The van der Waals surface area contributed by atoms with Gasteiger partial charge < -0.3 is 15.5 Å². The van der Waals surface area contributed by atoms with Gasteiger partial charge in [0, 0.05) is 41.3 Å². The predicted octanol–water partition coefficient (Wildman–Crippen LogP) is 4.32. The molecular weight excluding hydrogens is 422 g/mol. The van der Waals surface area contributed by atoms with Gasteiger partial charge in [-0.2, -0.15) is 0 Å². The summed E-state index contributed by atoms with van der Waals surface area (Å²) >= 11 is 1.74. The van der Waals surface area contributed by atoms with Crippen LogP contribution in [0, 0.1) is 6.92 Å². The molecule has 162 valence electrons. The molecule has 3 amide bonds. The summed E-state index contributed by atoms with van der Waals surface area (Å²) in [7, 11) is 0. The van der Waals surface area contributed by atoms with E-state index in [4.69, 9.17) is 0 Å². The summed E-state index contributed by atoms with van der Waals surface area (Å²) in [6.45, 7) is 3.16. The Balaban J connectivity index is 1.37. The van der Waals surface area contributed by atoms with Crippen LogP contribution in [0.15, 0.2) is 53.9 Å². The molecule has 0 fully saturated rings. The van der Waals surface area contributed by atoms with Crippen LogP contribution in [-0.4, -0.2) is 29.2 Å². The van der Waals surface area contributed by atoms with Crippen LogP contribution in [0.3, 0.4) is 0 Å². The maximum absolute atomic E-state index is 13.3. The van der Waals surface area contributed by atoms with Gasteiger partial charge >= 0.3 is 0 Å². The zero-order valence-corrected chi connectivity index (χ0v) is 18.5. The maximum Gasteiger partial charge on any atom is 0.254 e. The van der Waals surface area contributed by atoms with Crippen LogP contribution >= 0.6 is 11.3 Å². The van der Waals surface area contributed by atoms with Gasteiger partial charge in [0.1, 0.15) is 0 Å². The lowest BCUT2D eigenvalue weighted by Crippen LogP contribution is -2.36. The minimum Gasteiger partial charge on any atom is -0.334 e. The molecular formula is C25H23N3O3S. The van der Waals surface area contributed by atoms with Crippen molar-refractivity contribution in [1.29, 1.82) is 0 Å². The monoisotopic (exact) mass is 445 g/mol. The van der Waals surface area contributed by atoms with Crippen LogP contribution < -0.4 is 10.6 Å². The second kappa shape index (κ2) is 8.24. The van der Waals surface area contributed by atoms with Gasteiger partial charge in [-0.3, -0.25) is 14.4 Å². The molecule has 5 rings (SSSR count). The Morgan fingerprint density at radius 2 is 1.97 bits per heavy atom. The van der Waals surface area contributed by atoms with Crippen molar-refractivity contribution in [3.63, 3.8) is 0 Å². The molecule has 1 unspecified atom stereocenters. The number of fused-ring (bicyclic) bond motifs is 2. The first-order valence-electron chi connectivity index (χ1n) is 10.6. The number of benzene rings is 2. The molecule has 0 bridgehead atoms. The Kier molecular flexibility index (Phi) is 5.27. The average Bonchev–Trinajstić information content (AvgIpc) is 3.27. The molecule has 2 N–H and O–H groups in total. The smallest absolute Gasteiger partial charge is 0.254 e. The third kappa shape index (κ3) is 3.69. The Morgan fingerprint density at radius 3 is 2.84 bits per heavy atom. The number of carbonyl (C=O) groups excluding carboxylic acids is 3. The van der Waals surface area contributed by atoms with Crippen LogP contribution in [0.2, 0.25) is 0 Å². The first-order chi connectivity index (χ1) is 15.5. The number of hydrogen-bond donors (Lipinski definition) is 2. The lowest BCUT2D eigenvalue weighted by molar-refractivity contribution is -0.123. The van der Waals surface area contributed by atoms with Crippen molar-refractivity contribution in [2.45, 2.75) is 32.2 Å². The maximum atomic E-state index is 13.3. The minimum atomic E-state index is -0.571. The summed E-state index contributed by atoms with van der Waals surface area (Å²) in [6, 6.07) is 14.8. The minimum absolute atomic E-state index is 0.0298. The number of amides is 3. The van der Waals surface area contributed by atoms with E-state index in [2.05, 4.69) is 22.1 Å². The van der Waals surface area contributed by atoms with E-state index in [9.17, 15) is 14.4 Å². The highest BCUT2D eigenvalue weighted by Crippen LogP contribution is 2.33. The van der Waals surface area contributed by atoms with E-state index in [1.165, 1.54) is 10.4 Å². The van der Waals surface area contributed by atoms with Crippen molar-refractivity contribution in [3.05, 3.63) is 81.0 Å². The number of rotatable bonds is 3. The molecule has 0 aliphatic carbocycles. The van der Waals surface area contributed by atoms with Gasteiger partial charge in [-0.1, -0.05) is 24.3 Å². The first-order valence-corrected chi connectivity index (χ1v) is 11.5. The number of hydrogen-bond acceptors (Lipinski definition) is 4. The van der Waals surface area contributed by atoms with Crippen molar-refractivity contribution in [2.24, 2.45) is 0 Å². The summed E-state index contributed by atoms with van der Waals surface area (Å²) in [4.78, 5) is 41.7. The fraction of sp³-hybridized carbons (Fsp3) is 0.240. The molecule has 0 radical (unpaired) electrons. The van der Waals surface area contributed by atoms with Crippen LogP contribution in [0.4, 0.5) is 11.4 Å². The van der Waals surface area contributed by atoms with E-state index < -0.39 is 5.92 Å². The van der Waals surface area contributed by atoms with Crippen LogP contribution in [0.25, 0.3) is 0 Å². The number of carbonyl (C=O) groups is 3. The molecule has 1 atom stereocenters. The third-order valence-electron chi connectivity index (χ3n) is 6.23. The summed E-state index contributed by atoms with van der Waals surface area (Å²) < 4.78 is 0. The van der Waals surface area contributed by atoms with Crippen molar-refractivity contribution < 1.29 is 14.4 Å². The van der Waals surface area contributed by atoms with E-state index in [0.717, 1.165) is 17.5 Å². The summed E-state index contributed by atoms with van der Waals surface area (Å²) in [6.07, 6.45) is 0.967. The van der Waals surface area contributed by atoms with Crippen molar-refractivity contribution in [1.82, 2.24) is 4.90 Å². The highest BCUT2D eigenvalue weighted by Gasteiger charge is 2.31. The van der Waals surface area contributed by atoms with Crippen molar-refractivity contribution in [3.8, 4) is 0 Å². The largest absolute Gasteiger partial charge is 0.334 e. The van der Waals surface area contributed by atoms with Gasteiger partial charge in [0.05, 0.1) is 5.92 Å². The number of thiophene rings is 1. The molecule has 1 aromatic heterocycles. The summed E-state index contributed by atoms with van der Waals surface area (Å²) in [5.74, 6) is -1.03. The number of anilines is 2. The number of nitrogens with one attached hydrogen (secondary N) is 2. The molecule has 2 aromatic carbocycles. The average molecular weight is 446 g/mol. The zero-order chi connectivity index (χ0) is 22.2. The van der Waals surface area contributed by atoms with Crippen molar-refractivity contribution in [2.75, 3.05) is 17.2 Å². The van der Waals surface area contributed by atoms with Gasteiger partial charge in [0.2, 0.25) is 11.8 Å². The Hall–Kier alpha value is -3.45. The molecule has 2 aliphatic rings. The molecule has 32 heavy (non-hydrogen) atoms. The second-order valence-electron chi connectivity index (χ2n) is 8.21. The van der Waals surface area contributed by atoms with Crippen LogP contribution in [0.5, 0.6) is 0 Å². The standard InChI is InChI=1S/C25H23N3O3S/c1-15-17(25(31)28-11-9-22-16(14-28)10-12-32-22)6-4-8-20(15)27-24(30)19-13-23(29)26-21-7-3-2-5-18(19)21/h2-8,10,12,19H,9,11,13-14H2,1H3,(H,26,29)(H,27,30). The quantitative estimate of drug-likeness (QED) is 0.630. The summed E-state index contributed by atoms with van der Waals surface area (Å²) in [5.41, 5.74) is 4.60. The van der Waals surface area contributed by atoms with E-state index in [1.54, 1.807) is 35.6 Å². The SMILES string of the molecule is Cc1c(NC(=O)C2CC(=O)Nc3ccccc32)cccc1C(=O)N1CCc2sccc2C1. The van der Waals surface area contributed by atoms with Gasteiger partial charge in [-0.05, 0) is 59.7 Å². The van der Waals surface area contributed by atoms with E-state index in [0.29, 0.717) is 30.0 Å². The van der Waals surface area contributed by atoms with E-state index in [-0.39, 0.29) is 24.1 Å². The molecule has 3 aromatic rings. The molecule has 7 heteroatoms. The second-order valence-corrected chi connectivity index (χ2v) is 9.21. The van der Waals surface area contributed by atoms with Gasteiger partial charge in [0.15, 0.2) is 0 Å². The molecule has 2 aliphatic heterocycles. The normalized spacial score (nSPS) is 17.2. The zero-order valence-electron chi connectivity index (χ0n) is 17.7. The molecule has 3 heterocycles. The fourth-order valence-corrected chi connectivity index (χ4v) is 5.35. The highest BCUT2D eigenvalue weighted by molar-refractivity contribution is 7.10. The van der Waals surface area contributed by atoms with Gasteiger partial charge in [0.25, 0.3) is 5.91 Å². The molecule has 6 nitrogen and oxygen atoms in total. The lowest BCUT2D eigenvalue weighted by atomic mass is 9.89. The molecule has 0 saturated carbocycles. The Bertz CT molecular complexity index is 1230. The number of para-hydroxylation sites is 1. The number of nitrogens with zero attached hydrogens (tertiary/aromatic N) is 1. The topological polar surface area (TPSA) is 78.5 Å². The van der Waals surface area contributed by atoms with Gasteiger partial charge in [-0.15, -0.1) is 11.3 Å². The highest BCUT2D eigenvalue weighted by atomic mass is 32.1. The van der Waals surface area contributed by atoms with Crippen LogP contribution in [0.1, 0.15) is 44.3 Å². The Morgan fingerprint density at radius 1 is 1.12 bits per heavy atom. The van der Waals surface area contributed by atoms with E-state index >= 15 is 0 Å². The Labute approximate surface area is 190 Å². The van der Waals surface area contributed by atoms with Gasteiger partial charge in [-0.25, -0.2) is 0 Å². The van der Waals surface area contributed by atoms with Crippen molar-refractivity contribution >= 4 is 40.4 Å². The predicted molar refractivity (Wildman–Crippen MR) is 125 cm³/mol. The fourth-order valence-electron chi connectivity index (χ4n) is 4.46. The van der Waals surface area contributed by atoms with E-state index in [1.807, 2.05) is 30.0 Å².